The molecule has 1 aromatic rings. The van der Waals surface area contributed by atoms with Gasteiger partial charge < -0.3 is 5.32 Å². The van der Waals surface area contributed by atoms with Gasteiger partial charge >= 0.3 is 0 Å². The molecule has 0 spiro atoms. The van der Waals surface area contributed by atoms with E-state index in [2.05, 4.69) is 54.5 Å². The Balaban J connectivity index is 2.58. The van der Waals surface area contributed by atoms with Gasteiger partial charge in [-0.15, -0.1) is 0 Å². The van der Waals surface area contributed by atoms with E-state index in [0.29, 0.717) is 6.04 Å². The Labute approximate surface area is 106 Å². The molecule has 0 bridgehead atoms. The highest BCUT2D eigenvalue weighted by atomic mass is 15.1. The van der Waals surface area contributed by atoms with Crippen molar-refractivity contribution in [3.8, 4) is 0 Å². The second-order valence-electron chi connectivity index (χ2n) is 4.67. The molecule has 0 fully saturated rings. The Kier molecular flexibility index (Phi) is 6.90. The zero-order chi connectivity index (χ0) is 12.5. The van der Waals surface area contributed by atoms with Gasteiger partial charge in [-0.2, -0.15) is 0 Å². The van der Waals surface area contributed by atoms with Crippen molar-refractivity contribution >= 4 is 0 Å². The fourth-order valence-corrected chi connectivity index (χ4v) is 2.16. The maximum absolute atomic E-state index is 3.30. The third-order valence-electron chi connectivity index (χ3n) is 3.23. The Bertz CT molecular complexity index is 284. The van der Waals surface area contributed by atoms with Crippen LogP contribution in [0.5, 0.6) is 0 Å². The summed E-state index contributed by atoms with van der Waals surface area (Å²) in [6.07, 6.45) is 3.90. The van der Waals surface area contributed by atoms with Crippen LogP contribution in [0.2, 0.25) is 0 Å². The van der Waals surface area contributed by atoms with Crippen molar-refractivity contribution in [2.75, 3.05) is 27.2 Å². The van der Waals surface area contributed by atoms with Gasteiger partial charge in [0.05, 0.1) is 0 Å². The highest BCUT2D eigenvalue weighted by molar-refractivity contribution is 5.19. The molecule has 17 heavy (non-hydrogen) atoms. The van der Waals surface area contributed by atoms with Crippen LogP contribution in [0.1, 0.15) is 37.8 Å². The molecule has 0 saturated heterocycles. The summed E-state index contributed by atoms with van der Waals surface area (Å²) in [7, 11) is 4.25. The first kappa shape index (κ1) is 14.2. The van der Waals surface area contributed by atoms with Gasteiger partial charge in [0.15, 0.2) is 0 Å². The molecule has 1 rings (SSSR count). The topological polar surface area (TPSA) is 15.3 Å². The van der Waals surface area contributed by atoms with Crippen LogP contribution in [-0.2, 0) is 0 Å². The lowest BCUT2D eigenvalue weighted by Crippen LogP contribution is -2.32. The molecule has 0 aliphatic rings. The average molecular weight is 234 g/mol. The number of nitrogens with one attached hydrogen (secondary N) is 1. The first-order valence-electron chi connectivity index (χ1n) is 6.69. The van der Waals surface area contributed by atoms with Crippen molar-refractivity contribution in [3.63, 3.8) is 0 Å². The molecule has 96 valence electrons. The van der Waals surface area contributed by atoms with E-state index in [4.69, 9.17) is 0 Å². The Hall–Kier alpha value is -0.860. The molecule has 0 radical (unpaired) electrons. The smallest absolute Gasteiger partial charge is 0.0469 e. The van der Waals surface area contributed by atoms with Crippen molar-refractivity contribution in [1.82, 2.24) is 10.2 Å². The van der Waals surface area contributed by atoms with Crippen molar-refractivity contribution in [1.29, 1.82) is 0 Å². The third-order valence-corrected chi connectivity index (χ3v) is 3.23. The van der Waals surface area contributed by atoms with E-state index in [0.717, 1.165) is 6.54 Å². The molecule has 2 heteroatoms. The number of benzene rings is 1. The summed E-state index contributed by atoms with van der Waals surface area (Å²) in [6.45, 7) is 4.43. The zero-order valence-corrected chi connectivity index (χ0v) is 11.4. The highest BCUT2D eigenvalue weighted by Gasteiger charge is 2.15. The molecule has 0 aliphatic heterocycles. The second-order valence-corrected chi connectivity index (χ2v) is 4.67. The molecule has 0 amide bonds. The molecule has 1 atom stereocenters. The number of unbranched alkanes of at least 4 members (excludes halogenated alkanes) is 2. The standard InChI is InChI=1S/C15H26N2/c1-4-5-9-12-17(3)15(13-16-2)14-10-7-6-8-11-14/h6-8,10-11,15-16H,4-5,9,12-13H2,1-3H3. The minimum absolute atomic E-state index is 0.484. The monoisotopic (exact) mass is 234 g/mol. The van der Waals surface area contributed by atoms with Gasteiger partial charge in [0.2, 0.25) is 0 Å². The summed E-state index contributed by atoms with van der Waals surface area (Å²) in [5, 5.41) is 3.30. The van der Waals surface area contributed by atoms with Crippen LogP contribution < -0.4 is 5.32 Å². The summed E-state index contributed by atoms with van der Waals surface area (Å²) in [5.74, 6) is 0. The van der Waals surface area contributed by atoms with Crippen LogP contribution in [-0.4, -0.2) is 32.1 Å². The number of hydrogen-bond donors (Lipinski definition) is 1. The molecular weight excluding hydrogens is 208 g/mol. The first-order valence-corrected chi connectivity index (χ1v) is 6.69. The van der Waals surface area contributed by atoms with Gasteiger partial charge in [-0.05, 0) is 32.6 Å². The van der Waals surface area contributed by atoms with Crippen LogP contribution in [0.4, 0.5) is 0 Å². The largest absolute Gasteiger partial charge is 0.318 e. The van der Waals surface area contributed by atoms with E-state index in [1.54, 1.807) is 0 Å². The van der Waals surface area contributed by atoms with E-state index >= 15 is 0 Å². The molecule has 0 saturated carbocycles. The lowest BCUT2D eigenvalue weighted by molar-refractivity contribution is 0.236. The van der Waals surface area contributed by atoms with E-state index in [1.165, 1.54) is 31.4 Å². The van der Waals surface area contributed by atoms with E-state index in [1.807, 2.05) is 7.05 Å². The van der Waals surface area contributed by atoms with Crippen LogP contribution in [0.25, 0.3) is 0 Å². The quantitative estimate of drug-likeness (QED) is 0.695. The van der Waals surface area contributed by atoms with Crippen molar-refractivity contribution in [3.05, 3.63) is 35.9 Å². The molecule has 1 unspecified atom stereocenters. The van der Waals surface area contributed by atoms with Crippen molar-refractivity contribution < 1.29 is 0 Å². The van der Waals surface area contributed by atoms with E-state index in [-0.39, 0.29) is 0 Å². The summed E-state index contributed by atoms with van der Waals surface area (Å²) < 4.78 is 0. The van der Waals surface area contributed by atoms with Crippen LogP contribution >= 0.6 is 0 Å². The fraction of sp³-hybridized carbons (Fsp3) is 0.600. The first-order chi connectivity index (χ1) is 8.29. The summed E-state index contributed by atoms with van der Waals surface area (Å²) >= 11 is 0. The van der Waals surface area contributed by atoms with Crippen LogP contribution in [0, 0.1) is 0 Å². The van der Waals surface area contributed by atoms with Crippen LogP contribution in [0.3, 0.4) is 0 Å². The molecule has 0 heterocycles. The minimum Gasteiger partial charge on any atom is -0.318 e. The average Bonchev–Trinajstić information content (AvgIpc) is 2.37. The molecule has 1 aromatic carbocycles. The van der Waals surface area contributed by atoms with Gasteiger partial charge in [0.25, 0.3) is 0 Å². The summed E-state index contributed by atoms with van der Waals surface area (Å²) in [4.78, 5) is 2.46. The Morgan fingerprint density at radius 3 is 2.47 bits per heavy atom. The Morgan fingerprint density at radius 1 is 1.18 bits per heavy atom. The maximum Gasteiger partial charge on any atom is 0.0469 e. The minimum atomic E-state index is 0.484. The lowest BCUT2D eigenvalue weighted by atomic mass is 10.1. The van der Waals surface area contributed by atoms with Crippen LogP contribution in [0.15, 0.2) is 30.3 Å². The lowest BCUT2D eigenvalue weighted by Gasteiger charge is -2.28. The summed E-state index contributed by atoms with van der Waals surface area (Å²) in [5.41, 5.74) is 1.40. The molecule has 2 nitrogen and oxygen atoms in total. The predicted molar refractivity (Wildman–Crippen MR) is 75.3 cm³/mol. The van der Waals surface area contributed by atoms with E-state index in [9.17, 15) is 0 Å². The van der Waals surface area contributed by atoms with Gasteiger partial charge in [-0.25, -0.2) is 0 Å². The molecule has 0 aliphatic carbocycles. The molecule has 1 N–H and O–H groups in total. The number of hydrogen-bond acceptors (Lipinski definition) is 2. The van der Waals surface area contributed by atoms with Gasteiger partial charge in [-0.1, -0.05) is 50.1 Å². The molecule has 0 aromatic heterocycles. The fourth-order valence-electron chi connectivity index (χ4n) is 2.16. The van der Waals surface area contributed by atoms with Gasteiger partial charge in [-0.3, -0.25) is 4.90 Å². The number of rotatable bonds is 8. The normalized spacial score (nSPS) is 12.9. The second kappa shape index (κ2) is 8.26. The Morgan fingerprint density at radius 2 is 1.88 bits per heavy atom. The molecular formula is C15H26N2. The van der Waals surface area contributed by atoms with Crippen molar-refractivity contribution in [2.24, 2.45) is 0 Å². The maximum atomic E-state index is 3.30. The van der Waals surface area contributed by atoms with E-state index < -0.39 is 0 Å². The highest BCUT2D eigenvalue weighted by Crippen LogP contribution is 2.18. The SMILES string of the molecule is CCCCCN(C)C(CNC)c1ccccc1. The number of likely N-dealkylation sites (N-methyl/N-ethyl adjacent to an activating group) is 2. The summed E-state index contributed by atoms with van der Waals surface area (Å²) in [6, 6.07) is 11.3. The van der Waals surface area contributed by atoms with Gasteiger partial charge in [0, 0.05) is 12.6 Å². The predicted octanol–water partition coefficient (Wildman–Crippen LogP) is 3.07. The number of nitrogens with zero attached hydrogens (tertiary/aromatic N) is 1. The van der Waals surface area contributed by atoms with Gasteiger partial charge in [0.1, 0.15) is 0 Å². The van der Waals surface area contributed by atoms with Crippen molar-refractivity contribution in [2.45, 2.75) is 32.2 Å². The third kappa shape index (κ3) is 4.88. The zero-order valence-electron chi connectivity index (χ0n) is 11.4.